The molecular weight excluding hydrogens is 408 g/mol. The standard InChI is InChI=1S/C25H24N2O3S/c1-16(11-25(26)28)18-4-6-19(7-5-18)30-14-17-3-8-24-21(12-17)22(15-31-24)20-9-10-27-13-23(20)29-2/h3-10,12-13,15-16H,11,14H2,1-2H3,(H2,26,28)/t16-/m0/s1. The van der Waals surface area contributed by atoms with E-state index in [4.69, 9.17) is 15.2 Å². The van der Waals surface area contributed by atoms with E-state index in [0.717, 1.165) is 33.8 Å². The lowest BCUT2D eigenvalue weighted by molar-refractivity contribution is -0.118. The number of rotatable bonds is 8. The Bertz CT molecular complexity index is 1200. The minimum atomic E-state index is -0.291. The van der Waals surface area contributed by atoms with Gasteiger partial charge in [-0.3, -0.25) is 9.78 Å². The average Bonchev–Trinajstić information content (AvgIpc) is 3.20. The summed E-state index contributed by atoms with van der Waals surface area (Å²) in [7, 11) is 1.66. The first-order chi connectivity index (χ1) is 15.0. The molecule has 0 radical (unpaired) electrons. The molecule has 0 bridgehead atoms. The molecule has 31 heavy (non-hydrogen) atoms. The van der Waals surface area contributed by atoms with E-state index in [9.17, 15) is 4.79 Å². The number of fused-ring (bicyclic) bond motifs is 1. The number of carbonyl (C=O) groups excluding carboxylic acids is 1. The van der Waals surface area contributed by atoms with Crippen LogP contribution < -0.4 is 15.2 Å². The Morgan fingerprint density at radius 1 is 1.13 bits per heavy atom. The lowest BCUT2D eigenvalue weighted by Gasteiger charge is -2.12. The molecule has 0 aliphatic heterocycles. The Hall–Kier alpha value is -3.38. The van der Waals surface area contributed by atoms with Crippen molar-refractivity contribution in [2.75, 3.05) is 7.11 Å². The first-order valence-electron chi connectivity index (χ1n) is 10.0. The highest BCUT2D eigenvalue weighted by Crippen LogP contribution is 2.38. The molecule has 2 aromatic heterocycles. The van der Waals surface area contributed by atoms with Gasteiger partial charge in [0.2, 0.25) is 5.91 Å². The van der Waals surface area contributed by atoms with E-state index in [1.165, 1.54) is 10.1 Å². The molecule has 0 aliphatic carbocycles. The summed E-state index contributed by atoms with van der Waals surface area (Å²) in [6.45, 7) is 2.46. The van der Waals surface area contributed by atoms with Crippen LogP contribution in [-0.2, 0) is 11.4 Å². The minimum Gasteiger partial charge on any atom is -0.494 e. The molecule has 0 aliphatic rings. The number of benzene rings is 2. The highest BCUT2D eigenvalue weighted by atomic mass is 32.1. The van der Waals surface area contributed by atoms with Gasteiger partial charge < -0.3 is 15.2 Å². The summed E-state index contributed by atoms with van der Waals surface area (Å²) in [4.78, 5) is 15.3. The summed E-state index contributed by atoms with van der Waals surface area (Å²) in [6.07, 6.45) is 3.85. The molecule has 0 saturated heterocycles. The van der Waals surface area contributed by atoms with E-state index in [1.807, 2.05) is 37.3 Å². The van der Waals surface area contributed by atoms with Gasteiger partial charge in [0, 0.05) is 33.8 Å². The molecule has 0 saturated carbocycles. The molecule has 5 nitrogen and oxygen atoms in total. The maximum Gasteiger partial charge on any atom is 0.218 e. The third-order valence-corrected chi connectivity index (χ3v) is 6.26. The van der Waals surface area contributed by atoms with Gasteiger partial charge in [-0.2, -0.15) is 0 Å². The van der Waals surface area contributed by atoms with Crippen LogP contribution in [0.5, 0.6) is 11.5 Å². The van der Waals surface area contributed by atoms with Crippen molar-refractivity contribution in [1.82, 2.24) is 4.98 Å². The number of nitrogens with two attached hydrogens (primary N) is 1. The number of primary amides is 1. The quantitative estimate of drug-likeness (QED) is 0.397. The fraction of sp³-hybridized carbons (Fsp3) is 0.200. The van der Waals surface area contributed by atoms with Crippen LogP contribution in [0.15, 0.2) is 66.3 Å². The average molecular weight is 433 g/mol. The number of carbonyl (C=O) groups is 1. The minimum absolute atomic E-state index is 0.0937. The molecule has 4 aromatic rings. The predicted molar refractivity (Wildman–Crippen MR) is 125 cm³/mol. The fourth-order valence-electron chi connectivity index (χ4n) is 3.62. The SMILES string of the molecule is COc1cnccc1-c1csc2ccc(COc3ccc([C@@H](C)CC(N)=O)cc3)cc12. The Kier molecular flexibility index (Phi) is 6.18. The van der Waals surface area contributed by atoms with Crippen molar-refractivity contribution in [3.8, 4) is 22.6 Å². The van der Waals surface area contributed by atoms with Crippen molar-refractivity contribution < 1.29 is 14.3 Å². The Morgan fingerprint density at radius 3 is 2.68 bits per heavy atom. The van der Waals surface area contributed by atoms with Crippen molar-refractivity contribution in [3.63, 3.8) is 0 Å². The molecule has 158 valence electrons. The van der Waals surface area contributed by atoms with E-state index < -0.39 is 0 Å². The van der Waals surface area contributed by atoms with Gasteiger partial charge in [-0.25, -0.2) is 0 Å². The molecule has 1 amide bonds. The van der Waals surface area contributed by atoms with Crippen LogP contribution in [0.2, 0.25) is 0 Å². The van der Waals surface area contributed by atoms with E-state index in [2.05, 4.69) is 28.6 Å². The molecule has 2 N–H and O–H groups in total. The van der Waals surface area contributed by atoms with Gasteiger partial charge in [0.25, 0.3) is 0 Å². The first kappa shape index (κ1) is 20.9. The molecule has 2 aromatic carbocycles. The van der Waals surface area contributed by atoms with E-state index in [0.29, 0.717) is 13.0 Å². The van der Waals surface area contributed by atoms with Crippen molar-refractivity contribution in [2.24, 2.45) is 5.73 Å². The smallest absolute Gasteiger partial charge is 0.218 e. The number of hydrogen-bond donors (Lipinski definition) is 1. The van der Waals surface area contributed by atoms with Crippen molar-refractivity contribution in [1.29, 1.82) is 0 Å². The number of hydrogen-bond acceptors (Lipinski definition) is 5. The Balaban J connectivity index is 1.51. The Morgan fingerprint density at radius 2 is 1.94 bits per heavy atom. The molecule has 0 spiro atoms. The summed E-state index contributed by atoms with van der Waals surface area (Å²) in [6, 6.07) is 16.2. The number of nitrogens with zero attached hydrogens (tertiary/aromatic N) is 1. The topological polar surface area (TPSA) is 74.4 Å². The zero-order chi connectivity index (χ0) is 21.8. The molecule has 1 atom stereocenters. The number of methoxy groups -OCH3 is 1. The third-order valence-electron chi connectivity index (χ3n) is 5.29. The van der Waals surface area contributed by atoms with E-state index in [1.54, 1.807) is 30.8 Å². The first-order valence-corrected chi connectivity index (χ1v) is 10.9. The van der Waals surface area contributed by atoms with Gasteiger partial charge in [-0.15, -0.1) is 11.3 Å². The van der Waals surface area contributed by atoms with E-state index >= 15 is 0 Å². The van der Waals surface area contributed by atoms with Crippen molar-refractivity contribution in [2.45, 2.75) is 25.9 Å². The molecule has 6 heteroatoms. The molecule has 4 rings (SSSR count). The lowest BCUT2D eigenvalue weighted by atomic mass is 9.97. The second-order valence-electron chi connectivity index (χ2n) is 7.49. The van der Waals surface area contributed by atoms with Gasteiger partial charge in [-0.1, -0.05) is 25.1 Å². The second kappa shape index (κ2) is 9.18. The Labute approximate surface area is 185 Å². The molecular formula is C25H24N2O3S. The summed E-state index contributed by atoms with van der Waals surface area (Å²) in [5.74, 6) is 1.35. The van der Waals surface area contributed by atoms with Gasteiger partial charge in [0.05, 0.1) is 13.3 Å². The monoisotopic (exact) mass is 432 g/mol. The van der Waals surface area contributed by atoms with Crippen molar-refractivity contribution >= 4 is 27.3 Å². The molecule has 0 unspecified atom stereocenters. The zero-order valence-electron chi connectivity index (χ0n) is 17.5. The van der Waals surface area contributed by atoms with Crippen LogP contribution in [0.1, 0.15) is 30.4 Å². The largest absolute Gasteiger partial charge is 0.494 e. The number of amides is 1. The molecule has 0 fully saturated rings. The third kappa shape index (κ3) is 4.70. The number of aromatic nitrogens is 1. The van der Waals surface area contributed by atoms with Crippen LogP contribution in [0, 0.1) is 0 Å². The van der Waals surface area contributed by atoms with Gasteiger partial charge in [0.15, 0.2) is 0 Å². The van der Waals surface area contributed by atoms with Crippen LogP contribution in [-0.4, -0.2) is 18.0 Å². The highest BCUT2D eigenvalue weighted by Gasteiger charge is 2.12. The van der Waals surface area contributed by atoms with Crippen LogP contribution in [0.4, 0.5) is 0 Å². The van der Waals surface area contributed by atoms with Crippen molar-refractivity contribution in [3.05, 3.63) is 77.4 Å². The number of ether oxygens (including phenoxy) is 2. The number of pyridine rings is 1. The van der Waals surface area contributed by atoms with Crippen LogP contribution >= 0.6 is 11.3 Å². The summed E-state index contributed by atoms with van der Waals surface area (Å²) in [5, 5.41) is 3.32. The second-order valence-corrected chi connectivity index (χ2v) is 8.40. The lowest BCUT2D eigenvalue weighted by Crippen LogP contribution is -2.13. The van der Waals surface area contributed by atoms with E-state index in [-0.39, 0.29) is 11.8 Å². The maximum absolute atomic E-state index is 11.1. The van der Waals surface area contributed by atoms with Crippen LogP contribution in [0.25, 0.3) is 21.2 Å². The van der Waals surface area contributed by atoms with Gasteiger partial charge >= 0.3 is 0 Å². The van der Waals surface area contributed by atoms with Gasteiger partial charge in [-0.05, 0) is 52.8 Å². The fourth-order valence-corrected chi connectivity index (χ4v) is 4.56. The zero-order valence-corrected chi connectivity index (χ0v) is 18.3. The summed E-state index contributed by atoms with van der Waals surface area (Å²) < 4.78 is 12.7. The van der Waals surface area contributed by atoms with Crippen LogP contribution in [0.3, 0.4) is 0 Å². The highest BCUT2D eigenvalue weighted by molar-refractivity contribution is 7.17. The summed E-state index contributed by atoms with van der Waals surface area (Å²) in [5.41, 5.74) is 9.62. The maximum atomic E-state index is 11.1. The normalized spacial score (nSPS) is 11.9. The predicted octanol–water partition coefficient (Wildman–Crippen LogP) is 5.53. The summed E-state index contributed by atoms with van der Waals surface area (Å²) >= 11 is 1.71. The van der Waals surface area contributed by atoms with Gasteiger partial charge in [0.1, 0.15) is 18.1 Å². The number of thiophene rings is 1. The molecule has 2 heterocycles.